The Hall–Kier alpha value is -3.39. The largest absolute Gasteiger partial charge is 0.462 e. The van der Waals surface area contributed by atoms with Gasteiger partial charge in [-0.25, -0.2) is 0 Å². The van der Waals surface area contributed by atoms with E-state index in [0.717, 1.165) is 125 Å². The van der Waals surface area contributed by atoms with Crippen LogP contribution < -0.4 is 0 Å². The molecule has 4 rings (SSSR count). The van der Waals surface area contributed by atoms with E-state index in [-0.39, 0.29) is 12.1 Å². The molecule has 0 bridgehead atoms. The molecule has 0 N–H and O–H groups in total. The van der Waals surface area contributed by atoms with Crippen LogP contribution in [0.1, 0.15) is 228 Å². The number of esters is 1. The van der Waals surface area contributed by atoms with E-state index < -0.39 is 0 Å². The molecule has 3 saturated carbocycles. The van der Waals surface area contributed by atoms with Crippen LogP contribution in [-0.2, 0) is 9.53 Å². The predicted molar refractivity (Wildman–Crippen MR) is 303 cm³/mol. The molecule has 3 fully saturated rings. The molecule has 0 amide bonds. The van der Waals surface area contributed by atoms with Gasteiger partial charge in [0.05, 0.1) is 0 Å². The zero-order chi connectivity index (χ0) is 49.3. The normalized spacial score (nSPS) is 27.1. The molecule has 0 spiro atoms. The minimum Gasteiger partial charge on any atom is -0.462 e. The molecule has 2 heteroatoms. The van der Waals surface area contributed by atoms with E-state index in [1.165, 1.54) is 89.9 Å². The Bertz CT molecular complexity index is 1740. The van der Waals surface area contributed by atoms with Crippen molar-refractivity contribution in [2.75, 3.05) is 0 Å². The van der Waals surface area contributed by atoms with Gasteiger partial charge in [-0.2, -0.15) is 0 Å². The van der Waals surface area contributed by atoms with Gasteiger partial charge < -0.3 is 4.74 Å². The van der Waals surface area contributed by atoms with Crippen molar-refractivity contribution in [2.24, 2.45) is 46.3 Å². The van der Waals surface area contributed by atoms with Crippen LogP contribution in [0.25, 0.3) is 0 Å². The predicted octanol–water partition coefficient (Wildman–Crippen LogP) is 20.5. The number of hydrogen-bond acceptors (Lipinski definition) is 2. The lowest BCUT2D eigenvalue weighted by atomic mass is 9.47. The monoisotopic (exact) mass is 941 g/mol. The highest BCUT2D eigenvalue weighted by Gasteiger charge is 2.59. The standard InChI is InChI=1S/C67H104O2/c1-7-8-9-10-11-12-13-14-15-16-17-18-19-20-21-22-23-24-25-26-27-28-29-30-31-32-33-34-35-36-37-38-39-40-41-42-43-47-65(68)69-60-52-54-66(5)59(56-60)48-49-61-63-51-50-62(58(4)46-44-45-57(2)3)67(63,6)55-53-64(61)66/h8-9,11-12,14-15,17-18,20-21,23-24,26-27,29-30,32-33,35-36,48,57-58,60-64H,7,10,13,16,19,22,25,28,31,34,37-47,49-56H2,1-6H3/b9-8-,12-11-,15-14-,18-17-,21-20-,24-23-,27-26-,30-29-,33-32-,36-35-. The summed E-state index contributed by atoms with van der Waals surface area (Å²) >= 11 is 0. The average molecular weight is 942 g/mol. The lowest BCUT2D eigenvalue weighted by Gasteiger charge is -2.58. The van der Waals surface area contributed by atoms with Gasteiger partial charge in [-0.1, -0.05) is 220 Å². The maximum Gasteiger partial charge on any atom is 0.306 e. The summed E-state index contributed by atoms with van der Waals surface area (Å²) in [5.74, 6) is 5.24. The van der Waals surface area contributed by atoms with Gasteiger partial charge in [0.15, 0.2) is 0 Å². The third-order valence-electron chi connectivity index (χ3n) is 16.9. The van der Waals surface area contributed by atoms with Crippen molar-refractivity contribution in [2.45, 2.75) is 234 Å². The molecule has 8 unspecified atom stereocenters. The van der Waals surface area contributed by atoms with Crippen LogP contribution in [0.3, 0.4) is 0 Å². The number of allylic oxidation sites excluding steroid dienone is 21. The molecule has 0 aromatic rings. The van der Waals surface area contributed by atoms with Gasteiger partial charge in [-0.3, -0.25) is 4.79 Å². The Labute approximate surface area is 426 Å². The number of ether oxygens (including phenoxy) is 1. The molecule has 0 aromatic carbocycles. The van der Waals surface area contributed by atoms with Gasteiger partial charge in [0, 0.05) is 12.8 Å². The quantitative estimate of drug-likeness (QED) is 0.0365. The number of hydrogen-bond donors (Lipinski definition) is 0. The van der Waals surface area contributed by atoms with Gasteiger partial charge in [0.1, 0.15) is 6.10 Å². The van der Waals surface area contributed by atoms with Crippen molar-refractivity contribution < 1.29 is 9.53 Å². The Morgan fingerprint density at radius 2 is 1.06 bits per heavy atom. The number of carbonyl (C=O) groups excluding carboxylic acids is 1. The van der Waals surface area contributed by atoms with E-state index in [1.54, 1.807) is 5.57 Å². The lowest BCUT2D eigenvalue weighted by Crippen LogP contribution is -2.51. The van der Waals surface area contributed by atoms with E-state index in [0.29, 0.717) is 17.3 Å². The first-order valence-corrected chi connectivity index (χ1v) is 29.1. The molecule has 69 heavy (non-hydrogen) atoms. The van der Waals surface area contributed by atoms with Gasteiger partial charge in [-0.15, -0.1) is 0 Å². The van der Waals surface area contributed by atoms with Crippen molar-refractivity contribution in [3.63, 3.8) is 0 Å². The van der Waals surface area contributed by atoms with Gasteiger partial charge in [-0.05, 0) is 175 Å². The molecule has 8 atom stereocenters. The van der Waals surface area contributed by atoms with Crippen molar-refractivity contribution >= 4 is 5.97 Å². The highest BCUT2D eigenvalue weighted by molar-refractivity contribution is 5.69. The van der Waals surface area contributed by atoms with Crippen molar-refractivity contribution in [1.29, 1.82) is 0 Å². The number of unbranched alkanes of at least 4 members (excludes halogenated alkanes) is 6. The summed E-state index contributed by atoms with van der Waals surface area (Å²) in [6.07, 6.45) is 81.5. The fraction of sp³-hybridized carbons (Fsp3) is 0.657. The Morgan fingerprint density at radius 1 is 0.565 bits per heavy atom. The summed E-state index contributed by atoms with van der Waals surface area (Å²) < 4.78 is 6.16. The lowest BCUT2D eigenvalue weighted by molar-refractivity contribution is -0.151. The summed E-state index contributed by atoms with van der Waals surface area (Å²) in [4.78, 5) is 12.9. The van der Waals surface area contributed by atoms with Crippen LogP contribution >= 0.6 is 0 Å². The molecule has 0 aliphatic heterocycles. The SMILES string of the molecule is CC/C=C\C/C=C\C/C=C\C/C=C\C/C=C\C/C=C\C/C=C\C/C=C\C/C=C\C/C=C\CCCCCCCCC(=O)OC1CCC2(C)C(=CCC3C2CCC2(C)C(C(C)CCCC(C)C)CCC32)C1. The highest BCUT2D eigenvalue weighted by Crippen LogP contribution is 2.67. The van der Waals surface area contributed by atoms with Crippen LogP contribution in [0.15, 0.2) is 133 Å². The second-order valence-corrected chi connectivity index (χ2v) is 22.5. The average Bonchev–Trinajstić information content (AvgIpc) is 3.70. The number of carbonyl (C=O) groups is 1. The fourth-order valence-electron chi connectivity index (χ4n) is 13.0. The molecular formula is C67H104O2. The van der Waals surface area contributed by atoms with Crippen molar-refractivity contribution in [1.82, 2.24) is 0 Å². The molecule has 2 nitrogen and oxygen atoms in total. The van der Waals surface area contributed by atoms with Crippen molar-refractivity contribution in [3.8, 4) is 0 Å². The van der Waals surface area contributed by atoms with Gasteiger partial charge >= 0.3 is 5.97 Å². The van der Waals surface area contributed by atoms with E-state index in [4.69, 9.17) is 4.74 Å². The molecule has 384 valence electrons. The van der Waals surface area contributed by atoms with E-state index in [9.17, 15) is 4.79 Å². The molecule has 0 radical (unpaired) electrons. The van der Waals surface area contributed by atoms with Crippen LogP contribution in [0.2, 0.25) is 0 Å². The minimum absolute atomic E-state index is 0.0432. The number of rotatable bonds is 34. The Balaban J connectivity index is 0.929. The highest BCUT2D eigenvalue weighted by atomic mass is 16.5. The summed E-state index contributed by atoms with van der Waals surface area (Å²) in [5.41, 5.74) is 2.49. The van der Waals surface area contributed by atoms with Crippen LogP contribution in [-0.4, -0.2) is 12.1 Å². The van der Waals surface area contributed by atoms with E-state index >= 15 is 0 Å². The maximum atomic E-state index is 12.9. The maximum absolute atomic E-state index is 12.9. The first kappa shape index (κ1) is 58.2. The number of fused-ring (bicyclic) bond motifs is 5. The summed E-state index contributed by atoms with van der Waals surface area (Å²) in [6.45, 7) is 14.8. The first-order valence-electron chi connectivity index (χ1n) is 29.1. The second-order valence-electron chi connectivity index (χ2n) is 22.5. The van der Waals surface area contributed by atoms with E-state index in [2.05, 4.69) is 169 Å². The van der Waals surface area contributed by atoms with Crippen LogP contribution in [0, 0.1) is 46.3 Å². The second kappa shape index (κ2) is 34.9. The van der Waals surface area contributed by atoms with Crippen molar-refractivity contribution in [3.05, 3.63) is 133 Å². The summed E-state index contributed by atoms with van der Waals surface area (Å²) in [6, 6.07) is 0. The topological polar surface area (TPSA) is 26.3 Å². The Morgan fingerprint density at radius 3 is 1.58 bits per heavy atom. The zero-order valence-electron chi connectivity index (χ0n) is 45.5. The Kier molecular flexibility index (Phi) is 29.4. The van der Waals surface area contributed by atoms with Crippen LogP contribution in [0.5, 0.6) is 0 Å². The van der Waals surface area contributed by atoms with E-state index in [1.807, 2.05) is 0 Å². The fourth-order valence-corrected chi connectivity index (χ4v) is 13.0. The molecule has 0 heterocycles. The third-order valence-corrected chi connectivity index (χ3v) is 16.9. The minimum atomic E-state index is 0.0432. The summed E-state index contributed by atoms with van der Waals surface area (Å²) in [7, 11) is 0. The third kappa shape index (κ3) is 21.9. The van der Waals surface area contributed by atoms with Gasteiger partial charge in [0.2, 0.25) is 0 Å². The molecule has 4 aliphatic rings. The molecule has 0 aromatic heterocycles. The molecule has 4 aliphatic carbocycles. The molecular weight excluding hydrogens is 837 g/mol. The summed E-state index contributed by atoms with van der Waals surface area (Å²) in [5, 5.41) is 0. The first-order chi connectivity index (χ1) is 33.7. The zero-order valence-corrected chi connectivity index (χ0v) is 45.5. The molecule has 0 saturated heterocycles. The van der Waals surface area contributed by atoms with Crippen LogP contribution in [0.4, 0.5) is 0 Å². The van der Waals surface area contributed by atoms with Gasteiger partial charge in [0.25, 0.3) is 0 Å². The smallest absolute Gasteiger partial charge is 0.306 e.